The summed E-state index contributed by atoms with van der Waals surface area (Å²) in [7, 11) is 0. The van der Waals surface area contributed by atoms with Crippen LogP contribution < -0.4 is 0 Å². The molecule has 1 aromatic carbocycles. The van der Waals surface area contributed by atoms with E-state index in [4.69, 9.17) is 0 Å². The van der Waals surface area contributed by atoms with E-state index in [0.29, 0.717) is 0 Å². The average Bonchev–Trinajstić information content (AvgIpc) is 2.19. The topological polar surface area (TPSA) is 12.9 Å². The van der Waals surface area contributed by atoms with Crippen LogP contribution in [0.1, 0.15) is 5.56 Å². The second-order valence-corrected chi connectivity index (χ2v) is 3.02. The van der Waals surface area contributed by atoms with Crippen LogP contribution in [-0.2, 0) is 0 Å². The molecule has 1 heteroatoms. The lowest BCUT2D eigenvalue weighted by Crippen LogP contribution is -1.80. The van der Waals surface area contributed by atoms with E-state index in [0.717, 1.165) is 11.1 Å². The van der Waals surface area contributed by atoms with Gasteiger partial charge in [-0.15, -0.1) is 0 Å². The molecule has 0 spiro atoms. The zero-order valence-electron chi connectivity index (χ0n) is 7.49. The smallest absolute Gasteiger partial charge is 0.0346 e. The molecule has 0 aliphatic carbocycles. The van der Waals surface area contributed by atoms with Gasteiger partial charge in [0.1, 0.15) is 0 Å². The van der Waals surface area contributed by atoms with Gasteiger partial charge in [0.25, 0.3) is 0 Å². The van der Waals surface area contributed by atoms with Gasteiger partial charge in [0.15, 0.2) is 0 Å². The van der Waals surface area contributed by atoms with Gasteiger partial charge in [0, 0.05) is 18.0 Å². The summed E-state index contributed by atoms with van der Waals surface area (Å²) >= 11 is 0. The van der Waals surface area contributed by atoms with Gasteiger partial charge in [-0.05, 0) is 24.6 Å². The van der Waals surface area contributed by atoms with Crippen molar-refractivity contribution in [3.63, 3.8) is 0 Å². The summed E-state index contributed by atoms with van der Waals surface area (Å²) in [4.78, 5) is 4.07. The Bertz CT molecular complexity index is 393. The highest BCUT2D eigenvalue weighted by Crippen LogP contribution is 2.17. The quantitative estimate of drug-likeness (QED) is 0.638. The highest BCUT2D eigenvalue weighted by Gasteiger charge is 1.95. The Morgan fingerprint density at radius 2 is 2.23 bits per heavy atom. The molecule has 2 aromatic rings. The largest absolute Gasteiger partial charge is 0.264 e. The lowest BCUT2D eigenvalue weighted by molar-refractivity contribution is 1.32. The predicted molar refractivity (Wildman–Crippen MR) is 53.2 cm³/mol. The van der Waals surface area contributed by atoms with Crippen LogP contribution in [0.3, 0.4) is 0 Å². The molecule has 1 aromatic heterocycles. The van der Waals surface area contributed by atoms with E-state index in [1.54, 1.807) is 6.20 Å². The first-order valence-corrected chi connectivity index (χ1v) is 4.25. The van der Waals surface area contributed by atoms with E-state index in [2.05, 4.69) is 24.0 Å². The molecule has 0 amide bonds. The molecular formula is C12H10N. The third-order valence-electron chi connectivity index (χ3n) is 1.93. The lowest BCUT2D eigenvalue weighted by atomic mass is 10.1. The Kier molecular flexibility index (Phi) is 2.09. The number of benzene rings is 1. The SMILES string of the molecule is Cc1cc[c]c(-c2cccnc2)c1. The van der Waals surface area contributed by atoms with Crippen molar-refractivity contribution in [2.45, 2.75) is 6.92 Å². The zero-order chi connectivity index (χ0) is 9.10. The number of rotatable bonds is 1. The van der Waals surface area contributed by atoms with Crippen LogP contribution in [0.15, 0.2) is 42.7 Å². The van der Waals surface area contributed by atoms with Crippen molar-refractivity contribution in [1.82, 2.24) is 4.98 Å². The molecule has 0 fully saturated rings. The zero-order valence-corrected chi connectivity index (χ0v) is 7.49. The van der Waals surface area contributed by atoms with Crippen LogP contribution >= 0.6 is 0 Å². The molecule has 1 radical (unpaired) electrons. The highest BCUT2D eigenvalue weighted by atomic mass is 14.6. The molecule has 0 aliphatic heterocycles. The molecule has 0 saturated carbocycles. The summed E-state index contributed by atoms with van der Waals surface area (Å²) in [6.07, 6.45) is 3.63. The molecule has 1 heterocycles. The minimum absolute atomic E-state index is 1.10. The van der Waals surface area contributed by atoms with Crippen LogP contribution in [-0.4, -0.2) is 4.98 Å². The molecule has 0 aliphatic rings. The van der Waals surface area contributed by atoms with Crippen molar-refractivity contribution in [1.29, 1.82) is 0 Å². The van der Waals surface area contributed by atoms with Gasteiger partial charge >= 0.3 is 0 Å². The third-order valence-corrected chi connectivity index (χ3v) is 1.93. The normalized spacial score (nSPS) is 9.92. The number of aromatic nitrogens is 1. The van der Waals surface area contributed by atoms with Crippen molar-refractivity contribution in [3.8, 4) is 11.1 Å². The Hall–Kier alpha value is -1.63. The van der Waals surface area contributed by atoms with E-state index in [9.17, 15) is 0 Å². The summed E-state index contributed by atoms with van der Waals surface area (Å²) in [5.74, 6) is 0. The molecule has 0 N–H and O–H groups in total. The molecule has 0 bridgehead atoms. The molecule has 0 saturated heterocycles. The second-order valence-electron chi connectivity index (χ2n) is 3.02. The average molecular weight is 168 g/mol. The summed E-state index contributed by atoms with van der Waals surface area (Å²) in [5.41, 5.74) is 3.47. The van der Waals surface area contributed by atoms with E-state index >= 15 is 0 Å². The van der Waals surface area contributed by atoms with Crippen LogP contribution in [0.2, 0.25) is 0 Å². The van der Waals surface area contributed by atoms with Gasteiger partial charge in [-0.1, -0.05) is 29.8 Å². The van der Waals surface area contributed by atoms with E-state index < -0.39 is 0 Å². The minimum Gasteiger partial charge on any atom is -0.264 e. The van der Waals surface area contributed by atoms with Crippen LogP contribution in [0.5, 0.6) is 0 Å². The van der Waals surface area contributed by atoms with Gasteiger partial charge in [0.05, 0.1) is 0 Å². The minimum atomic E-state index is 1.10. The van der Waals surface area contributed by atoms with E-state index in [1.165, 1.54) is 5.56 Å². The van der Waals surface area contributed by atoms with Crippen molar-refractivity contribution < 1.29 is 0 Å². The lowest BCUT2D eigenvalue weighted by Gasteiger charge is -2.00. The molecular weight excluding hydrogens is 158 g/mol. The fourth-order valence-electron chi connectivity index (χ4n) is 1.27. The van der Waals surface area contributed by atoms with Crippen molar-refractivity contribution in [2.75, 3.05) is 0 Å². The van der Waals surface area contributed by atoms with E-state index in [1.807, 2.05) is 30.5 Å². The molecule has 1 nitrogen and oxygen atoms in total. The van der Waals surface area contributed by atoms with Crippen LogP contribution in [0.25, 0.3) is 11.1 Å². The number of pyridine rings is 1. The maximum Gasteiger partial charge on any atom is 0.0346 e. The van der Waals surface area contributed by atoms with Gasteiger partial charge < -0.3 is 0 Å². The molecule has 13 heavy (non-hydrogen) atoms. The first-order chi connectivity index (χ1) is 6.36. The van der Waals surface area contributed by atoms with Gasteiger partial charge in [-0.25, -0.2) is 0 Å². The van der Waals surface area contributed by atoms with Gasteiger partial charge in [-0.2, -0.15) is 0 Å². The number of nitrogens with zero attached hydrogens (tertiary/aromatic N) is 1. The number of hydrogen-bond acceptors (Lipinski definition) is 1. The van der Waals surface area contributed by atoms with Crippen LogP contribution in [0.4, 0.5) is 0 Å². The molecule has 0 atom stereocenters. The maximum absolute atomic E-state index is 4.07. The Balaban J connectivity index is 2.48. The highest BCUT2D eigenvalue weighted by molar-refractivity contribution is 5.62. The fourth-order valence-corrected chi connectivity index (χ4v) is 1.27. The molecule has 63 valence electrons. The third kappa shape index (κ3) is 1.75. The summed E-state index contributed by atoms with van der Waals surface area (Å²) in [6.45, 7) is 2.08. The maximum atomic E-state index is 4.07. The summed E-state index contributed by atoms with van der Waals surface area (Å²) < 4.78 is 0. The van der Waals surface area contributed by atoms with Gasteiger partial charge in [-0.3, -0.25) is 4.98 Å². The standard InChI is InChI=1S/C12H10N/c1-10-4-2-5-11(8-10)12-6-3-7-13-9-12/h2-4,6-9H,1H3. The second kappa shape index (κ2) is 3.40. The summed E-state index contributed by atoms with van der Waals surface area (Å²) in [5, 5.41) is 0. The Morgan fingerprint density at radius 1 is 1.31 bits per heavy atom. The molecule has 0 unspecified atom stereocenters. The summed E-state index contributed by atoms with van der Waals surface area (Å²) in [6, 6.07) is 13.3. The first kappa shape index (κ1) is 7.99. The van der Waals surface area contributed by atoms with E-state index in [-0.39, 0.29) is 0 Å². The van der Waals surface area contributed by atoms with Gasteiger partial charge in [0.2, 0.25) is 0 Å². The Labute approximate surface area is 78.1 Å². The molecule has 2 rings (SSSR count). The Morgan fingerprint density at radius 3 is 2.92 bits per heavy atom. The van der Waals surface area contributed by atoms with Crippen molar-refractivity contribution in [2.24, 2.45) is 0 Å². The van der Waals surface area contributed by atoms with Crippen molar-refractivity contribution >= 4 is 0 Å². The number of hydrogen-bond donors (Lipinski definition) is 0. The predicted octanol–water partition coefficient (Wildman–Crippen LogP) is 2.86. The fraction of sp³-hybridized carbons (Fsp3) is 0.0833. The van der Waals surface area contributed by atoms with Crippen LogP contribution in [0, 0.1) is 13.0 Å². The first-order valence-electron chi connectivity index (χ1n) is 4.25. The number of aryl methyl sites for hydroxylation is 1. The monoisotopic (exact) mass is 168 g/mol. The van der Waals surface area contributed by atoms with Crippen molar-refractivity contribution in [3.05, 3.63) is 54.4 Å².